The van der Waals surface area contributed by atoms with E-state index in [4.69, 9.17) is 9.47 Å². The van der Waals surface area contributed by atoms with Gasteiger partial charge in [0, 0.05) is 12.2 Å². The van der Waals surface area contributed by atoms with Gasteiger partial charge in [-0.1, -0.05) is 0 Å². The lowest BCUT2D eigenvalue weighted by Crippen LogP contribution is -2.34. The number of hydrogen-bond acceptors (Lipinski definition) is 5. The summed E-state index contributed by atoms with van der Waals surface area (Å²) in [6, 6.07) is 5.20. The highest BCUT2D eigenvalue weighted by molar-refractivity contribution is 7.91. The monoisotopic (exact) mass is 307 g/mol. The molecule has 0 aromatic heterocycles. The average molecular weight is 307 g/mol. The van der Waals surface area contributed by atoms with Gasteiger partial charge in [-0.25, -0.2) is 8.42 Å². The largest absolute Gasteiger partial charge is 0.382 e. The second-order valence-electron chi connectivity index (χ2n) is 4.28. The van der Waals surface area contributed by atoms with Gasteiger partial charge in [0.15, 0.2) is 0 Å². The molecule has 0 amide bonds. The maximum atomic E-state index is 12.4. The molecule has 1 N–H and O–H groups in total. The van der Waals surface area contributed by atoms with Crippen molar-refractivity contribution < 1.29 is 26.7 Å². The van der Waals surface area contributed by atoms with Crippen molar-refractivity contribution in [1.29, 1.82) is 0 Å². The van der Waals surface area contributed by atoms with E-state index in [2.05, 4.69) is 5.32 Å². The van der Waals surface area contributed by atoms with Gasteiger partial charge in [-0.05, 0) is 24.3 Å². The Bertz CT molecular complexity index is 527. The fourth-order valence-electron chi connectivity index (χ4n) is 1.75. The Morgan fingerprint density at radius 1 is 1.25 bits per heavy atom. The molecule has 8 heteroatoms. The van der Waals surface area contributed by atoms with Crippen molar-refractivity contribution in [2.75, 3.05) is 31.7 Å². The minimum atomic E-state index is -4.53. The predicted molar refractivity (Wildman–Crippen MR) is 68.7 cm³/mol. The summed E-state index contributed by atoms with van der Waals surface area (Å²) in [6.07, 6.45) is -0.0757. The van der Waals surface area contributed by atoms with E-state index in [0.717, 1.165) is 12.1 Å². The molecule has 2 rings (SSSR count). The summed E-state index contributed by atoms with van der Waals surface area (Å²) < 4.78 is 57.9. The fraction of sp³-hybridized carbons (Fsp3) is 0.500. The molecular formula is C12H15F2NO4S. The Hall–Kier alpha value is -1.25. The highest BCUT2D eigenvalue weighted by Gasteiger charge is 2.26. The molecule has 1 aliphatic heterocycles. The number of hydrogen-bond donors (Lipinski definition) is 1. The van der Waals surface area contributed by atoms with Crippen LogP contribution in [-0.4, -0.2) is 46.6 Å². The van der Waals surface area contributed by atoms with Crippen molar-refractivity contribution in [3.63, 3.8) is 0 Å². The van der Waals surface area contributed by atoms with Crippen LogP contribution in [0.3, 0.4) is 0 Å². The summed E-state index contributed by atoms with van der Waals surface area (Å²) in [6.45, 7) is 2.11. The molecule has 0 bridgehead atoms. The molecule has 0 saturated carbocycles. The molecular weight excluding hydrogens is 292 g/mol. The van der Waals surface area contributed by atoms with Gasteiger partial charge in [0.25, 0.3) is 0 Å². The van der Waals surface area contributed by atoms with Gasteiger partial charge >= 0.3 is 5.76 Å². The number of benzene rings is 1. The fourth-order valence-corrected chi connectivity index (χ4v) is 2.47. The smallest absolute Gasteiger partial charge is 0.341 e. The molecule has 20 heavy (non-hydrogen) atoms. The van der Waals surface area contributed by atoms with Crippen molar-refractivity contribution in [2.45, 2.75) is 16.8 Å². The van der Waals surface area contributed by atoms with Gasteiger partial charge in [0.1, 0.15) is 0 Å². The van der Waals surface area contributed by atoms with E-state index in [-0.39, 0.29) is 6.10 Å². The Kier molecular flexibility index (Phi) is 4.90. The van der Waals surface area contributed by atoms with Crippen LogP contribution in [-0.2, 0) is 19.3 Å². The quantitative estimate of drug-likeness (QED) is 0.893. The normalized spacial score (nSPS) is 20.1. The predicted octanol–water partition coefficient (Wildman–Crippen LogP) is 1.51. The number of rotatable bonds is 5. The summed E-state index contributed by atoms with van der Waals surface area (Å²) >= 11 is 0. The minimum Gasteiger partial charge on any atom is -0.382 e. The second kappa shape index (κ2) is 6.47. The topological polar surface area (TPSA) is 64.6 Å². The molecule has 112 valence electrons. The van der Waals surface area contributed by atoms with Gasteiger partial charge in [-0.15, -0.1) is 0 Å². The molecule has 0 spiro atoms. The third kappa shape index (κ3) is 3.65. The number of alkyl halides is 2. The van der Waals surface area contributed by atoms with Crippen LogP contribution in [0.15, 0.2) is 29.2 Å². The number of halogens is 2. The summed E-state index contributed by atoms with van der Waals surface area (Å²) in [5, 5.41) is 3.03. The number of anilines is 1. The molecule has 1 heterocycles. The van der Waals surface area contributed by atoms with Gasteiger partial charge in [0.05, 0.1) is 30.8 Å². The first-order valence-corrected chi connectivity index (χ1v) is 7.60. The van der Waals surface area contributed by atoms with E-state index in [9.17, 15) is 17.2 Å². The Balaban J connectivity index is 1.94. The third-order valence-corrected chi connectivity index (χ3v) is 4.23. The van der Waals surface area contributed by atoms with Crippen molar-refractivity contribution >= 4 is 15.5 Å². The second-order valence-corrected chi connectivity index (χ2v) is 6.20. The minimum absolute atomic E-state index is 0.0757. The lowest BCUT2D eigenvalue weighted by molar-refractivity contribution is -0.0818. The standard InChI is InChI=1S/C12H15F2NO4S/c13-12(14)20(16,17)11-3-1-9(2-4-11)15-7-10-8-18-5-6-19-10/h1-4,10,12,15H,5-8H2. The molecule has 0 aliphatic carbocycles. The van der Waals surface area contributed by atoms with Gasteiger partial charge in [-0.2, -0.15) is 8.78 Å². The first-order chi connectivity index (χ1) is 9.50. The zero-order chi connectivity index (χ0) is 14.6. The lowest BCUT2D eigenvalue weighted by atomic mass is 10.3. The van der Waals surface area contributed by atoms with E-state index >= 15 is 0 Å². The third-order valence-electron chi connectivity index (χ3n) is 2.84. The zero-order valence-electron chi connectivity index (χ0n) is 10.6. The summed E-state index contributed by atoms with van der Waals surface area (Å²) in [5.41, 5.74) is 0.632. The van der Waals surface area contributed by atoms with Crippen LogP contribution in [0.1, 0.15) is 0 Å². The number of sulfone groups is 1. The van der Waals surface area contributed by atoms with Crippen molar-refractivity contribution in [3.05, 3.63) is 24.3 Å². The van der Waals surface area contributed by atoms with Crippen LogP contribution < -0.4 is 5.32 Å². The van der Waals surface area contributed by atoms with Crippen molar-refractivity contribution in [3.8, 4) is 0 Å². The van der Waals surface area contributed by atoms with E-state index in [0.29, 0.717) is 32.1 Å². The molecule has 1 fully saturated rings. The van der Waals surface area contributed by atoms with Crippen molar-refractivity contribution in [1.82, 2.24) is 0 Å². The molecule has 1 atom stereocenters. The van der Waals surface area contributed by atoms with Crippen LogP contribution in [0, 0.1) is 0 Å². The van der Waals surface area contributed by atoms with Crippen LogP contribution >= 0.6 is 0 Å². The first kappa shape index (κ1) is 15.1. The van der Waals surface area contributed by atoms with Crippen molar-refractivity contribution in [2.24, 2.45) is 0 Å². The summed E-state index contributed by atoms with van der Waals surface area (Å²) in [5.74, 6) is -3.41. The highest BCUT2D eigenvalue weighted by atomic mass is 32.2. The van der Waals surface area contributed by atoms with Crippen LogP contribution in [0.25, 0.3) is 0 Å². The summed E-state index contributed by atoms with van der Waals surface area (Å²) in [7, 11) is -4.53. The Labute approximate surface area is 115 Å². The molecule has 0 radical (unpaired) electrons. The van der Waals surface area contributed by atoms with Gasteiger partial charge in [-0.3, -0.25) is 0 Å². The molecule has 5 nitrogen and oxygen atoms in total. The molecule has 1 saturated heterocycles. The first-order valence-electron chi connectivity index (χ1n) is 6.05. The van der Waals surface area contributed by atoms with Crippen LogP contribution in [0.2, 0.25) is 0 Å². The highest BCUT2D eigenvalue weighted by Crippen LogP contribution is 2.20. The van der Waals surface area contributed by atoms with Gasteiger partial charge < -0.3 is 14.8 Å². The summed E-state index contributed by atoms with van der Waals surface area (Å²) in [4.78, 5) is -0.393. The number of nitrogens with one attached hydrogen (secondary N) is 1. The average Bonchev–Trinajstić information content (AvgIpc) is 2.46. The van der Waals surface area contributed by atoms with E-state index < -0.39 is 20.5 Å². The molecule has 1 aromatic carbocycles. The van der Waals surface area contributed by atoms with E-state index in [1.54, 1.807) is 0 Å². The maximum Gasteiger partial charge on any atom is 0.341 e. The Morgan fingerprint density at radius 2 is 1.95 bits per heavy atom. The maximum absolute atomic E-state index is 12.4. The molecule has 1 aromatic rings. The SMILES string of the molecule is O=S(=O)(c1ccc(NCC2COCCO2)cc1)C(F)F. The van der Waals surface area contributed by atoms with Crippen LogP contribution in [0.4, 0.5) is 14.5 Å². The van der Waals surface area contributed by atoms with Crippen LogP contribution in [0.5, 0.6) is 0 Å². The van der Waals surface area contributed by atoms with E-state index in [1.165, 1.54) is 12.1 Å². The lowest BCUT2D eigenvalue weighted by Gasteiger charge is -2.23. The molecule has 1 unspecified atom stereocenters. The zero-order valence-corrected chi connectivity index (χ0v) is 11.4. The van der Waals surface area contributed by atoms with Gasteiger partial charge in [0.2, 0.25) is 9.84 Å². The molecule has 1 aliphatic rings. The van der Waals surface area contributed by atoms with E-state index in [1.807, 2.05) is 0 Å². The number of ether oxygens (including phenoxy) is 2. The Morgan fingerprint density at radius 3 is 2.50 bits per heavy atom.